The molecule has 8 heteroatoms. The van der Waals surface area contributed by atoms with Crippen LogP contribution in [-0.4, -0.2) is 21.9 Å². The highest BCUT2D eigenvalue weighted by Gasteiger charge is 2.11. The number of thiazole rings is 1. The number of hydrogen-bond acceptors (Lipinski definition) is 6. The third-order valence-corrected chi connectivity index (χ3v) is 4.53. The molecule has 1 aromatic carbocycles. The second-order valence-corrected chi connectivity index (χ2v) is 6.79. The Morgan fingerprint density at radius 2 is 2.04 bits per heavy atom. The van der Waals surface area contributed by atoms with Crippen molar-refractivity contribution in [2.45, 2.75) is 13.8 Å². The molecule has 0 bridgehead atoms. The maximum absolute atomic E-state index is 10.9. The number of aromatic nitrogens is 1. The molecule has 27 heavy (non-hydrogen) atoms. The molecule has 0 fully saturated rings. The smallest absolute Gasteiger partial charge is 0.269 e. The van der Waals surface area contributed by atoms with Gasteiger partial charge in [-0.1, -0.05) is 12.2 Å². The molecule has 3 aromatic rings. The Balaban J connectivity index is 2.11. The van der Waals surface area contributed by atoms with Gasteiger partial charge in [-0.15, -0.1) is 11.3 Å². The molecule has 0 aliphatic rings. The lowest BCUT2D eigenvalue weighted by atomic mass is 10.1. The summed E-state index contributed by atoms with van der Waals surface area (Å²) in [6.07, 6.45) is 1.59. The standard InChI is InChI=1S/C19H18N4O3S/c1-13(2)11-20-19-22(21-14(3)18-5-4-10-26-18)17(12-27-19)15-6-8-16(9-7-15)23(24)25/h4-10,12H,1,11H2,2-3H3. The molecule has 7 nitrogen and oxygen atoms in total. The molecule has 0 unspecified atom stereocenters. The van der Waals surface area contributed by atoms with Crippen molar-refractivity contribution in [1.82, 2.24) is 4.68 Å². The van der Waals surface area contributed by atoms with Crippen molar-refractivity contribution in [2.24, 2.45) is 10.1 Å². The second kappa shape index (κ2) is 7.96. The first-order valence-corrected chi connectivity index (χ1v) is 9.03. The van der Waals surface area contributed by atoms with E-state index in [0.717, 1.165) is 16.8 Å². The average molecular weight is 382 g/mol. The zero-order valence-corrected chi connectivity index (χ0v) is 15.8. The van der Waals surface area contributed by atoms with Gasteiger partial charge in [0.1, 0.15) is 11.5 Å². The van der Waals surface area contributed by atoms with Gasteiger partial charge in [-0.3, -0.25) is 15.1 Å². The summed E-state index contributed by atoms with van der Waals surface area (Å²) in [6.45, 7) is 8.14. The van der Waals surface area contributed by atoms with Gasteiger partial charge in [-0.25, -0.2) is 4.68 Å². The summed E-state index contributed by atoms with van der Waals surface area (Å²) in [4.78, 5) is 15.7. The summed E-state index contributed by atoms with van der Waals surface area (Å²) in [5.41, 5.74) is 3.28. The molecule has 138 valence electrons. The first-order valence-electron chi connectivity index (χ1n) is 8.15. The number of nitrogens with zero attached hydrogens (tertiary/aromatic N) is 4. The van der Waals surface area contributed by atoms with E-state index in [2.05, 4.69) is 16.7 Å². The molecular formula is C19H18N4O3S. The van der Waals surface area contributed by atoms with Crippen LogP contribution in [0.2, 0.25) is 0 Å². The van der Waals surface area contributed by atoms with E-state index < -0.39 is 4.92 Å². The summed E-state index contributed by atoms with van der Waals surface area (Å²) in [5, 5.41) is 17.5. The van der Waals surface area contributed by atoms with Crippen molar-refractivity contribution in [2.75, 3.05) is 6.54 Å². The van der Waals surface area contributed by atoms with Gasteiger partial charge in [-0.05, 0) is 38.1 Å². The molecule has 0 amide bonds. The molecule has 0 aliphatic carbocycles. The summed E-state index contributed by atoms with van der Waals surface area (Å²) in [7, 11) is 0. The number of nitro benzene ring substituents is 1. The minimum atomic E-state index is -0.418. The topological polar surface area (TPSA) is 85.9 Å². The summed E-state index contributed by atoms with van der Waals surface area (Å²) >= 11 is 1.45. The second-order valence-electron chi connectivity index (χ2n) is 5.96. The average Bonchev–Trinajstić information content (AvgIpc) is 3.30. The highest BCUT2D eigenvalue weighted by molar-refractivity contribution is 7.07. The molecule has 0 saturated carbocycles. The lowest BCUT2D eigenvalue weighted by Gasteiger charge is -2.05. The van der Waals surface area contributed by atoms with Crippen molar-refractivity contribution in [1.29, 1.82) is 0 Å². The minimum Gasteiger partial charge on any atom is -0.463 e. The van der Waals surface area contributed by atoms with Gasteiger partial charge >= 0.3 is 0 Å². The van der Waals surface area contributed by atoms with E-state index in [1.165, 1.54) is 23.5 Å². The van der Waals surface area contributed by atoms with Crippen molar-refractivity contribution in [3.05, 3.63) is 80.9 Å². The molecule has 0 saturated heterocycles. The number of non-ortho nitro benzene ring substituents is 1. The van der Waals surface area contributed by atoms with Crippen LogP contribution in [0, 0.1) is 10.1 Å². The van der Waals surface area contributed by atoms with Crippen LogP contribution in [-0.2, 0) is 0 Å². The maximum atomic E-state index is 10.9. The summed E-state index contributed by atoms with van der Waals surface area (Å²) in [6, 6.07) is 10.0. The third-order valence-electron chi connectivity index (χ3n) is 3.67. The minimum absolute atomic E-state index is 0.0444. The summed E-state index contributed by atoms with van der Waals surface area (Å²) in [5.74, 6) is 0.661. The molecule has 0 N–H and O–H groups in total. The van der Waals surface area contributed by atoms with Gasteiger partial charge in [0.15, 0.2) is 0 Å². The van der Waals surface area contributed by atoms with E-state index in [-0.39, 0.29) is 5.69 Å². The molecule has 2 aromatic heterocycles. The number of hydrogen-bond donors (Lipinski definition) is 0. The SMILES string of the molecule is C=C(C)CN=c1scc(-c2ccc([N+](=O)[O-])cc2)n1N=C(C)c1ccco1. The van der Waals surface area contributed by atoms with Crippen molar-refractivity contribution < 1.29 is 9.34 Å². The van der Waals surface area contributed by atoms with Crippen LogP contribution in [0.5, 0.6) is 0 Å². The van der Waals surface area contributed by atoms with Crippen LogP contribution in [0.3, 0.4) is 0 Å². The fourth-order valence-electron chi connectivity index (χ4n) is 2.34. The van der Waals surface area contributed by atoms with Crippen LogP contribution in [0.25, 0.3) is 11.3 Å². The van der Waals surface area contributed by atoms with E-state index >= 15 is 0 Å². The monoisotopic (exact) mass is 382 g/mol. The highest BCUT2D eigenvalue weighted by Crippen LogP contribution is 2.23. The van der Waals surface area contributed by atoms with E-state index in [1.54, 1.807) is 29.1 Å². The van der Waals surface area contributed by atoms with Gasteiger partial charge in [0.25, 0.3) is 5.69 Å². The maximum Gasteiger partial charge on any atom is 0.269 e. The van der Waals surface area contributed by atoms with Gasteiger partial charge in [0.2, 0.25) is 4.80 Å². The fourth-order valence-corrected chi connectivity index (χ4v) is 3.17. The fraction of sp³-hybridized carbons (Fsp3) is 0.158. The largest absolute Gasteiger partial charge is 0.463 e. The van der Waals surface area contributed by atoms with E-state index in [9.17, 15) is 10.1 Å². The lowest BCUT2D eigenvalue weighted by Crippen LogP contribution is -2.14. The Hall–Kier alpha value is -3.26. The molecule has 0 aliphatic heterocycles. The van der Waals surface area contributed by atoms with Crippen LogP contribution in [0.1, 0.15) is 19.6 Å². The Morgan fingerprint density at radius 1 is 1.30 bits per heavy atom. The third kappa shape index (κ3) is 4.29. The molecule has 2 heterocycles. The van der Waals surface area contributed by atoms with Crippen LogP contribution in [0.15, 0.2) is 74.7 Å². The molecule has 0 spiro atoms. The van der Waals surface area contributed by atoms with Crippen molar-refractivity contribution >= 4 is 22.7 Å². The first-order chi connectivity index (χ1) is 13.0. The highest BCUT2D eigenvalue weighted by atomic mass is 32.1. The summed E-state index contributed by atoms with van der Waals surface area (Å²) < 4.78 is 7.14. The van der Waals surface area contributed by atoms with Gasteiger partial charge in [-0.2, -0.15) is 5.10 Å². The normalized spacial score (nSPS) is 12.4. The number of furan rings is 1. The molecule has 0 atom stereocenters. The van der Waals surface area contributed by atoms with Crippen LogP contribution < -0.4 is 4.80 Å². The predicted molar refractivity (Wildman–Crippen MR) is 106 cm³/mol. The molecule has 3 rings (SSSR count). The predicted octanol–water partition coefficient (Wildman–Crippen LogP) is 4.47. The van der Waals surface area contributed by atoms with Crippen molar-refractivity contribution in [3.8, 4) is 11.3 Å². The van der Waals surface area contributed by atoms with Crippen LogP contribution >= 0.6 is 11.3 Å². The van der Waals surface area contributed by atoms with E-state index in [0.29, 0.717) is 22.8 Å². The van der Waals surface area contributed by atoms with Crippen molar-refractivity contribution in [3.63, 3.8) is 0 Å². The number of rotatable bonds is 6. The van der Waals surface area contributed by atoms with Gasteiger partial charge in [0, 0.05) is 23.1 Å². The van der Waals surface area contributed by atoms with Gasteiger partial charge in [0.05, 0.1) is 23.4 Å². The zero-order valence-electron chi connectivity index (χ0n) is 15.0. The van der Waals surface area contributed by atoms with Gasteiger partial charge < -0.3 is 4.42 Å². The Morgan fingerprint density at radius 3 is 2.63 bits per heavy atom. The lowest BCUT2D eigenvalue weighted by molar-refractivity contribution is -0.384. The zero-order chi connectivity index (χ0) is 19.4. The van der Waals surface area contributed by atoms with E-state index in [4.69, 9.17) is 4.42 Å². The quantitative estimate of drug-likeness (QED) is 0.273. The Kier molecular flexibility index (Phi) is 5.46. The molecule has 0 radical (unpaired) electrons. The van der Waals surface area contributed by atoms with Crippen LogP contribution in [0.4, 0.5) is 5.69 Å². The first kappa shape index (κ1) is 18.5. The van der Waals surface area contributed by atoms with E-state index in [1.807, 2.05) is 25.3 Å². The Labute approximate surface area is 159 Å². The Bertz CT molecular complexity index is 1060. The number of benzene rings is 1. The molecular weight excluding hydrogens is 364 g/mol. The number of nitro groups is 1.